The Labute approximate surface area is 213 Å². The molecule has 8 heteroatoms. The summed E-state index contributed by atoms with van der Waals surface area (Å²) >= 11 is 0. The van der Waals surface area contributed by atoms with Crippen molar-refractivity contribution >= 4 is 26.0 Å². The molecule has 0 spiro atoms. The Morgan fingerprint density at radius 2 is 1.28 bits per heavy atom. The van der Waals surface area contributed by atoms with E-state index in [4.69, 9.17) is 10.2 Å². The zero-order valence-corrected chi connectivity index (χ0v) is 22.7. The summed E-state index contributed by atoms with van der Waals surface area (Å²) in [7, 11) is -2.40. The summed E-state index contributed by atoms with van der Waals surface area (Å²) in [6.45, 7) is 13.2. The molecule has 4 rings (SSSR count). The maximum atomic E-state index is 13.3. The largest absolute Gasteiger partial charge is 0.407 e. The molecule has 0 saturated carbocycles. The second-order valence-corrected chi connectivity index (χ2v) is 15.9. The van der Waals surface area contributed by atoms with Crippen molar-refractivity contribution in [3.05, 3.63) is 82.7 Å². The van der Waals surface area contributed by atoms with E-state index < -0.39 is 38.2 Å². The van der Waals surface area contributed by atoms with Gasteiger partial charge in [-0.05, 0) is 34.3 Å². The van der Waals surface area contributed by atoms with E-state index in [1.807, 2.05) is 30.3 Å². The number of nitrogens with zero attached hydrogens (tertiary/aromatic N) is 1. The molecule has 0 saturated heterocycles. The molecule has 0 aliphatic carbocycles. The van der Waals surface area contributed by atoms with Crippen LogP contribution < -0.4 is 11.1 Å². The molecule has 2 aromatic rings. The standard InChI is InChI=1S/C28H35N3O4Si/c1-16(2)36(17(3)4,18(5)6)35-25(19-12-8-7-9-13-19)23-22(29)24(26(32)30-23)31-27(33)20-14-10-11-15-21(20)28(31)34/h7-18,23,25H,29H2,1-6H3,(H,30,32)/t23-,25-/m0/s1. The van der Waals surface area contributed by atoms with Crippen molar-refractivity contribution in [2.75, 3.05) is 0 Å². The van der Waals surface area contributed by atoms with Crippen molar-refractivity contribution in [3.63, 3.8) is 0 Å². The predicted molar refractivity (Wildman–Crippen MR) is 141 cm³/mol. The molecule has 0 unspecified atom stereocenters. The van der Waals surface area contributed by atoms with E-state index in [0.29, 0.717) is 16.6 Å². The number of hydrogen-bond acceptors (Lipinski definition) is 5. The summed E-state index contributed by atoms with van der Waals surface area (Å²) < 4.78 is 7.16. The lowest BCUT2D eigenvalue weighted by molar-refractivity contribution is -0.118. The number of amides is 3. The van der Waals surface area contributed by atoms with Crippen LogP contribution in [0.1, 0.15) is 73.9 Å². The Hall–Kier alpha value is -3.23. The molecule has 3 N–H and O–H groups in total. The molecule has 0 bridgehead atoms. The van der Waals surface area contributed by atoms with Crippen molar-refractivity contribution in [2.24, 2.45) is 5.73 Å². The summed E-state index contributed by atoms with van der Waals surface area (Å²) in [4.78, 5) is 40.5. The maximum Gasteiger partial charge on any atom is 0.271 e. The first-order chi connectivity index (χ1) is 17.0. The number of nitrogens with one attached hydrogen (secondary N) is 1. The summed E-state index contributed by atoms with van der Waals surface area (Å²) in [6.07, 6.45) is -0.568. The van der Waals surface area contributed by atoms with Crippen LogP contribution in [0.3, 0.4) is 0 Å². The first-order valence-electron chi connectivity index (χ1n) is 12.5. The van der Waals surface area contributed by atoms with Gasteiger partial charge in [0, 0.05) is 0 Å². The number of rotatable bonds is 8. The van der Waals surface area contributed by atoms with Crippen LogP contribution in [-0.2, 0) is 9.22 Å². The Morgan fingerprint density at radius 3 is 1.75 bits per heavy atom. The van der Waals surface area contributed by atoms with Gasteiger partial charge in [-0.3, -0.25) is 14.4 Å². The minimum Gasteiger partial charge on any atom is -0.407 e. The molecular formula is C28H35N3O4Si. The Balaban J connectivity index is 1.81. The highest BCUT2D eigenvalue weighted by atomic mass is 28.4. The van der Waals surface area contributed by atoms with Crippen molar-refractivity contribution in [1.29, 1.82) is 0 Å². The molecule has 190 valence electrons. The van der Waals surface area contributed by atoms with Crippen molar-refractivity contribution in [3.8, 4) is 0 Å². The van der Waals surface area contributed by atoms with Crippen molar-refractivity contribution < 1.29 is 18.8 Å². The van der Waals surface area contributed by atoms with Crippen LogP contribution >= 0.6 is 0 Å². The van der Waals surface area contributed by atoms with Gasteiger partial charge >= 0.3 is 0 Å². The summed E-state index contributed by atoms with van der Waals surface area (Å²) in [5, 5.41) is 2.95. The van der Waals surface area contributed by atoms with Gasteiger partial charge in [0.25, 0.3) is 17.7 Å². The van der Waals surface area contributed by atoms with Gasteiger partial charge < -0.3 is 15.5 Å². The number of carbonyl (C=O) groups is 3. The lowest BCUT2D eigenvalue weighted by Crippen LogP contribution is -2.51. The van der Waals surface area contributed by atoms with Crippen molar-refractivity contribution in [2.45, 2.75) is 70.3 Å². The minimum absolute atomic E-state index is 0.110. The third-order valence-corrected chi connectivity index (χ3v) is 13.7. The third-order valence-electron chi connectivity index (χ3n) is 7.60. The molecule has 0 aromatic heterocycles. The number of carbonyl (C=O) groups excluding carboxylic acids is 3. The van der Waals surface area contributed by atoms with E-state index in [0.717, 1.165) is 10.5 Å². The lowest BCUT2D eigenvalue weighted by Gasteiger charge is -2.46. The van der Waals surface area contributed by atoms with E-state index in [1.54, 1.807) is 24.3 Å². The Bertz CT molecular complexity index is 1170. The second-order valence-electron chi connectivity index (χ2n) is 10.5. The van der Waals surface area contributed by atoms with E-state index in [-0.39, 0.29) is 22.5 Å². The highest BCUT2D eigenvalue weighted by molar-refractivity contribution is 6.77. The maximum absolute atomic E-state index is 13.3. The van der Waals surface area contributed by atoms with Crippen LogP contribution in [0.2, 0.25) is 16.6 Å². The smallest absolute Gasteiger partial charge is 0.271 e. The van der Waals surface area contributed by atoms with Crippen LogP contribution in [0, 0.1) is 0 Å². The van der Waals surface area contributed by atoms with Gasteiger partial charge in [0.15, 0.2) is 0 Å². The Kier molecular flexibility index (Phi) is 6.94. The zero-order valence-electron chi connectivity index (χ0n) is 21.7. The first-order valence-corrected chi connectivity index (χ1v) is 14.7. The number of fused-ring (bicyclic) bond motifs is 1. The quantitative estimate of drug-likeness (QED) is 0.393. The van der Waals surface area contributed by atoms with Crippen molar-refractivity contribution in [1.82, 2.24) is 10.2 Å². The minimum atomic E-state index is -2.40. The molecular weight excluding hydrogens is 470 g/mol. The molecule has 2 aromatic carbocycles. The van der Waals surface area contributed by atoms with E-state index in [1.165, 1.54) is 0 Å². The average molecular weight is 506 g/mol. The van der Waals surface area contributed by atoms with Crippen LogP contribution in [-0.4, -0.2) is 37.0 Å². The highest BCUT2D eigenvalue weighted by Crippen LogP contribution is 2.47. The summed E-state index contributed by atoms with van der Waals surface area (Å²) in [6, 6.07) is 15.5. The highest BCUT2D eigenvalue weighted by Gasteiger charge is 2.51. The van der Waals surface area contributed by atoms with Gasteiger partial charge in [-0.2, -0.15) is 0 Å². The average Bonchev–Trinajstić information content (AvgIpc) is 3.26. The van der Waals surface area contributed by atoms with Crippen LogP contribution in [0.25, 0.3) is 0 Å². The fourth-order valence-corrected chi connectivity index (χ4v) is 11.6. The molecule has 0 fully saturated rings. The summed E-state index contributed by atoms with van der Waals surface area (Å²) in [5.74, 6) is -1.64. The van der Waals surface area contributed by atoms with Gasteiger partial charge in [-0.15, -0.1) is 0 Å². The Morgan fingerprint density at radius 1 is 0.806 bits per heavy atom. The topological polar surface area (TPSA) is 102 Å². The van der Waals surface area contributed by atoms with Crippen LogP contribution in [0.4, 0.5) is 0 Å². The zero-order chi connectivity index (χ0) is 26.4. The van der Waals surface area contributed by atoms with E-state index in [9.17, 15) is 14.4 Å². The lowest BCUT2D eigenvalue weighted by atomic mass is 10.0. The van der Waals surface area contributed by atoms with Crippen LogP contribution in [0.15, 0.2) is 66.0 Å². The molecule has 2 heterocycles. The fraction of sp³-hybridized carbons (Fsp3) is 0.393. The molecule has 2 aliphatic rings. The third kappa shape index (κ3) is 3.98. The second kappa shape index (κ2) is 9.67. The summed E-state index contributed by atoms with van der Waals surface area (Å²) in [5.41, 5.74) is 8.99. The van der Waals surface area contributed by atoms with Gasteiger partial charge in [0.2, 0.25) is 8.32 Å². The fourth-order valence-electron chi connectivity index (χ4n) is 6.03. The molecule has 2 atom stereocenters. The van der Waals surface area contributed by atoms with Gasteiger partial charge in [-0.1, -0.05) is 84.0 Å². The molecule has 2 aliphatic heterocycles. The number of benzene rings is 2. The van der Waals surface area contributed by atoms with E-state index >= 15 is 0 Å². The molecule has 7 nitrogen and oxygen atoms in total. The number of imide groups is 1. The SMILES string of the molecule is CC(C)[Si](O[C@@H](c1ccccc1)[C@H]1NC(=O)C(N2C(=O)c3ccccc3C2=O)=C1N)(C(C)C)C(C)C. The molecule has 3 amide bonds. The van der Waals surface area contributed by atoms with E-state index in [2.05, 4.69) is 46.9 Å². The monoisotopic (exact) mass is 505 g/mol. The van der Waals surface area contributed by atoms with Gasteiger partial charge in [0.05, 0.1) is 22.9 Å². The van der Waals surface area contributed by atoms with Crippen LogP contribution in [0.5, 0.6) is 0 Å². The molecule has 36 heavy (non-hydrogen) atoms. The number of hydrogen-bond donors (Lipinski definition) is 2. The predicted octanol–water partition coefficient (Wildman–Crippen LogP) is 4.88. The molecule has 0 radical (unpaired) electrons. The van der Waals surface area contributed by atoms with Gasteiger partial charge in [-0.25, -0.2) is 4.90 Å². The first kappa shape index (κ1) is 25.8. The normalized spacial score (nSPS) is 19.1. The number of nitrogens with two attached hydrogens (primary N) is 1. The van der Waals surface area contributed by atoms with Gasteiger partial charge in [0.1, 0.15) is 11.7 Å².